The van der Waals surface area contributed by atoms with Crippen LogP contribution in [-0.2, 0) is 0 Å². The van der Waals surface area contributed by atoms with E-state index in [-0.39, 0.29) is 42.9 Å². The molecule has 20 valence electrons. The van der Waals surface area contributed by atoms with Crippen molar-refractivity contribution in [1.29, 1.82) is 0 Å². The molecule has 0 N–H and O–H groups in total. The maximum absolute atomic E-state index is 2.47. The Bertz CT molecular complexity index is 4.00. The molecule has 0 nitrogen and oxygen atoms in total. The van der Waals surface area contributed by atoms with E-state index < -0.39 is 0 Å². The van der Waals surface area contributed by atoms with Gasteiger partial charge in [0.1, 0.15) is 0 Å². The second kappa shape index (κ2) is 9.57. The molecular weight excluding hydrogens is 668 g/mol. The zero-order chi connectivity index (χ0) is 2.71. The third kappa shape index (κ3) is 9.00. The minimum Gasteiger partial charge on any atom is 2.00 e. The van der Waals surface area contributed by atoms with Crippen LogP contribution in [0.1, 0.15) is 0 Å². The van der Waals surface area contributed by atoms with Gasteiger partial charge in [0, 0.05) is 0 Å². The topological polar surface area (TPSA) is 0 Å². The monoisotopic (exact) mass is 670 g/mol. The summed E-state index contributed by atoms with van der Waals surface area (Å²) < 4.78 is 0. The summed E-state index contributed by atoms with van der Waals surface area (Å²) in [6.07, 6.45) is 0. The first-order valence-corrected chi connectivity index (χ1v) is 22.2. The zero-order valence-electron chi connectivity index (χ0n) is 1.76. The molecule has 0 atom stereocenters. The van der Waals surface area contributed by atoms with E-state index in [2.05, 4.69) is 35.5 Å². The van der Waals surface area contributed by atoms with Gasteiger partial charge in [-0.05, 0) is 0 Å². The molecule has 0 spiro atoms. The van der Waals surface area contributed by atoms with E-state index in [0.29, 0.717) is 0 Å². The summed E-state index contributed by atoms with van der Waals surface area (Å²) in [6, 6.07) is 0. The molecular formula is I2Pb2+2. The van der Waals surface area contributed by atoms with Crippen LogP contribution in [0, 0.1) is 0 Å². The van der Waals surface area contributed by atoms with Crippen molar-refractivity contribution >= 4 is 78.5 Å². The van der Waals surface area contributed by atoms with E-state index in [1.807, 2.05) is 0 Å². The fraction of sp³-hybridized carbons (Fsp3) is 0. The number of hydrogen-bond donors (Lipinski definition) is 0. The zero-order valence-corrected chi connectivity index (χ0v) is 13.8. The van der Waals surface area contributed by atoms with Crippen LogP contribution in [0.3, 0.4) is 0 Å². The van der Waals surface area contributed by atoms with E-state index >= 15 is 0 Å². The van der Waals surface area contributed by atoms with Gasteiger partial charge in [0.05, 0.1) is 0 Å². The molecule has 4 heavy (non-hydrogen) atoms. The Morgan fingerprint density at radius 3 is 1.25 bits per heavy atom. The molecule has 4 heteroatoms. The molecule has 0 aromatic heterocycles. The SMILES string of the molecule is [I][Pb][I].[Pb+2]. The van der Waals surface area contributed by atoms with E-state index in [1.165, 1.54) is 0 Å². The molecule has 0 aromatic rings. The summed E-state index contributed by atoms with van der Waals surface area (Å²) in [5.41, 5.74) is 0. The third-order valence-corrected chi connectivity index (χ3v) is 0. The second-order valence-electron chi connectivity index (χ2n) is 0.0714. The van der Waals surface area contributed by atoms with Gasteiger partial charge >= 0.3 is 78.5 Å². The first-order chi connectivity index (χ1) is 1.41. The van der Waals surface area contributed by atoms with Gasteiger partial charge in [0.15, 0.2) is 0 Å². The van der Waals surface area contributed by atoms with Crippen molar-refractivity contribution in [2.24, 2.45) is 0 Å². The molecule has 0 aliphatic heterocycles. The Morgan fingerprint density at radius 2 is 1.25 bits per heavy atom. The van der Waals surface area contributed by atoms with Gasteiger partial charge in [0.25, 0.3) is 0 Å². The molecule has 0 saturated carbocycles. The van der Waals surface area contributed by atoms with Crippen molar-refractivity contribution in [2.45, 2.75) is 0 Å². The molecule has 0 saturated heterocycles. The summed E-state index contributed by atoms with van der Waals surface area (Å²) in [7, 11) is 0. The van der Waals surface area contributed by atoms with Crippen LogP contribution in [0.4, 0.5) is 0 Å². The Balaban J connectivity index is 0. The molecule has 0 rings (SSSR count). The fourth-order valence-corrected chi connectivity index (χ4v) is 0. The third-order valence-electron chi connectivity index (χ3n) is 0. The molecule has 0 aliphatic rings. The summed E-state index contributed by atoms with van der Waals surface area (Å²) in [5, 5.41) is 0. The van der Waals surface area contributed by atoms with Gasteiger partial charge in [-0.2, -0.15) is 0 Å². The second-order valence-corrected chi connectivity index (χ2v) is 28.2. The molecule has 0 aromatic carbocycles. The predicted molar refractivity (Wildman–Crippen MR) is 39.5 cm³/mol. The van der Waals surface area contributed by atoms with Crippen LogP contribution >= 0.6 is 35.5 Å². The van der Waals surface area contributed by atoms with Crippen molar-refractivity contribution in [1.82, 2.24) is 0 Å². The maximum atomic E-state index is 2.47. The number of hydrogen-bond acceptors (Lipinski definition) is 0. The number of halogens is 2. The molecule has 0 fully saturated rings. The summed E-state index contributed by atoms with van der Waals surface area (Å²) in [5.74, 6) is 0. The van der Waals surface area contributed by atoms with Gasteiger partial charge in [-0.3, -0.25) is 0 Å². The Hall–Kier alpha value is 3.30. The minimum atomic E-state index is 0. The average Bonchev–Trinajstić information content (AvgIpc) is 0.918. The van der Waals surface area contributed by atoms with Gasteiger partial charge in [-0.25, -0.2) is 0 Å². The standard InChI is InChI=1S/2HI.2Pb/h2*1H;;/q;;2*+2/p-2. The first-order valence-electron chi connectivity index (χ1n) is 0.378. The van der Waals surface area contributed by atoms with Crippen molar-refractivity contribution in [2.75, 3.05) is 0 Å². The summed E-state index contributed by atoms with van der Waals surface area (Å²) in [6.45, 7) is 0. The molecule has 0 bridgehead atoms. The molecule has 0 heterocycles. The molecule has 0 unspecified atom stereocenters. The van der Waals surface area contributed by atoms with Crippen molar-refractivity contribution in [3.8, 4) is 0 Å². The molecule has 4 radical (unpaired) electrons. The minimum absolute atomic E-state index is 0. The summed E-state index contributed by atoms with van der Waals surface area (Å²) >= 11 is 4.96. The Morgan fingerprint density at radius 1 is 1.25 bits per heavy atom. The van der Waals surface area contributed by atoms with Crippen molar-refractivity contribution < 1.29 is 0 Å². The normalized spacial score (nSPS) is 4.50. The first kappa shape index (κ1) is 10.3. The van der Waals surface area contributed by atoms with Crippen molar-refractivity contribution in [3.05, 3.63) is 0 Å². The van der Waals surface area contributed by atoms with Gasteiger partial charge < -0.3 is 0 Å². The van der Waals surface area contributed by atoms with E-state index in [0.717, 1.165) is 0 Å². The number of rotatable bonds is 0. The van der Waals surface area contributed by atoms with Crippen LogP contribution in [0.25, 0.3) is 0 Å². The van der Waals surface area contributed by atoms with Crippen LogP contribution in [0.5, 0.6) is 0 Å². The molecule has 0 amide bonds. The predicted octanol–water partition coefficient (Wildman–Crippen LogP) is 1.01. The van der Waals surface area contributed by atoms with E-state index in [1.54, 1.807) is 0 Å². The van der Waals surface area contributed by atoms with Crippen LogP contribution in [0.2, 0.25) is 0 Å². The van der Waals surface area contributed by atoms with Gasteiger partial charge in [-0.15, -0.1) is 0 Å². The largest absolute Gasteiger partial charge is 2.00 e. The molecule has 0 aliphatic carbocycles. The Kier molecular flexibility index (Phi) is 24.7. The van der Waals surface area contributed by atoms with E-state index in [9.17, 15) is 0 Å². The van der Waals surface area contributed by atoms with Gasteiger partial charge in [-0.1, -0.05) is 0 Å². The van der Waals surface area contributed by atoms with Crippen LogP contribution in [0.15, 0.2) is 0 Å². The average molecular weight is 668 g/mol. The summed E-state index contributed by atoms with van der Waals surface area (Å²) in [4.78, 5) is 0. The van der Waals surface area contributed by atoms with E-state index in [4.69, 9.17) is 0 Å². The van der Waals surface area contributed by atoms with Crippen molar-refractivity contribution in [3.63, 3.8) is 0 Å². The Labute approximate surface area is 76.1 Å². The van der Waals surface area contributed by atoms with Gasteiger partial charge in [0.2, 0.25) is 0 Å². The van der Waals surface area contributed by atoms with Crippen LogP contribution < -0.4 is 0 Å². The van der Waals surface area contributed by atoms with Crippen LogP contribution in [-0.4, -0.2) is 42.9 Å². The fourth-order valence-electron chi connectivity index (χ4n) is 0. The quantitative estimate of drug-likeness (QED) is 0.268. The maximum Gasteiger partial charge on any atom is 2.00 e. The smallest absolute Gasteiger partial charge is 2.00 e.